The first-order chi connectivity index (χ1) is 7.66. The Bertz CT molecular complexity index is 409. The molecule has 0 spiro atoms. The number of rotatable bonds is 3. The van der Waals surface area contributed by atoms with E-state index in [-0.39, 0.29) is 0 Å². The number of aromatic nitrogens is 2. The fraction of sp³-hybridized carbons (Fsp3) is 0.545. The summed E-state index contributed by atoms with van der Waals surface area (Å²) in [5.74, 6) is 1.48. The Balaban J connectivity index is 2.14. The van der Waals surface area contributed by atoms with Crippen LogP contribution in [0, 0.1) is 5.92 Å². The third kappa shape index (κ3) is 2.52. The van der Waals surface area contributed by atoms with E-state index in [0.29, 0.717) is 12.2 Å². The number of fused-ring (bicyclic) bond motifs is 1. The number of nitrogens with zero attached hydrogens (tertiary/aromatic N) is 2. The van der Waals surface area contributed by atoms with Gasteiger partial charge in [-0.25, -0.2) is 9.97 Å². The summed E-state index contributed by atoms with van der Waals surface area (Å²) in [5.41, 5.74) is 2.30. The molecular weight excluding hydrogens is 224 g/mol. The van der Waals surface area contributed by atoms with Crippen molar-refractivity contribution in [3.63, 3.8) is 0 Å². The van der Waals surface area contributed by atoms with Gasteiger partial charge in [0.05, 0.1) is 11.6 Å². The van der Waals surface area contributed by atoms with E-state index in [4.69, 9.17) is 5.11 Å². The van der Waals surface area contributed by atoms with Crippen molar-refractivity contribution < 1.29 is 9.90 Å². The first-order valence-electron chi connectivity index (χ1n) is 5.31. The first kappa shape index (κ1) is 11.4. The van der Waals surface area contributed by atoms with Gasteiger partial charge in [-0.05, 0) is 17.7 Å². The zero-order valence-corrected chi connectivity index (χ0v) is 9.96. The van der Waals surface area contributed by atoms with Gasteiger partial charge in [0.1, 0.15) is 5.82 Å². The molecule has 0 aliphatic carbocycles. The highest BCUT2D eigenvalue weighted by Gasteiger charge is 2.16. The molecule has 1 N–H and O–H groups in total. The Kier molecular flexibility index (Phi) is 3.43. The van der Waals surface area contributed by atoms with Crippen LogP contribution in [0.15, 0.2) is 6.20 Å². The second-order valence-electron chi connectivity index (χ2n) is 4.00. The van der Waals surface area contributed by atoms with E-state index in [0.717, 1.165) is 23.6 Å². The molecule has 1 aliphatic rings. The minimum atomic E-state index is -0.796. The van der Waals surface area contributed by atoms with Crippen molar-refractivity contribution in [2.75, 3.05) is 5.75 Å². The SMILES string of the molecule is CC(Cc1ncc2c(n1)CSCC2)C(=O)O. The van der Waals surface area contributed by atoms with Crippen molar-refractivity contribution >= 4 is 17.7 Å². The monoisotopic (exact) mass is 238 g/mol. The van der Waals surface area contributed by atoms with Crippen molar-refractivity contribution in [1.82, 2.24) is 9.97 Å². The molecule has 0 bridgehead atoms. The molecule has 0 amide bonds. The second kappa shape index (κ2) is 4.82. The highest BCUT2D eigenvalue weighted by Crippen LogP contribution is 2.22. The topological polar surface area (TPSA) is 63.1 Å². The summed E-state index contributed by atoms with van der Waals surface area (Å²) < 4.78 is 0. The Morgan fingerprint density at radius 3 is 3.25 bits per heavy atom. The lowest BCUT2D eigenvalue weighted by Gasteiger charge is -2.15. The third-order valence-corrected chi connectivity index (χ3v) is 3.64. The van der Waals surface area contributed by atoms with Crippen LogP contribution in [0.4, 0.5) is 0 Å². The molecule has 0 saturated carbocycles. The van der Waals surface area contributed by atoms with Crippen LogP contribution in [-0.4, -0.2) is 26.8 Å². The predicted molar refractivity (Wildman–Crippen MR) is 62.4 cm³/mol. The van der Waals surface area contributed by atoms with Crippen LogP contribution in [0.5, 0.6) is 0 Å². The van der Waals surface area contributed by atoms with Crippen molar-refractivity contribution in [2.45, 2.75) is 25.5 Å². The number of aryl methyl sites for hydroxylation is 1. The molecule has 2 rings (SSSR count). The van der Waals surface area contributed by atoms with Gasteiger partial charge in [-0.2, -0.15) is 11.8 Å². The van der Waals surface area contributed by atoms with Crippen molar-refractivity contribution in [3.8, 4) is 0 Å². The van der Waals surface area contributed by atoms with Gasteiger partial charge in [0.2, 0.25) is 0 Å². The molecule has 16 heavy (non-hydrogen) atoms. The lowest BCUT2D eigenvalue weighted by Crippen LogP contribution is -2.16. The standard InChI is InChI=1S/C11H14N2O2S/c1-7(11(14)15)4-10-12-5-8-2-3-16-6-9(8)13-10/h5,7H,2-4,6H2,1H3,(H,14,15). The van der Waals surface area contributed by atoms with Gasteiger partial charge in [-0.1, -0.05) is 6.92 Å². The highest BCUT2D eigenvalue weighted by molar-refractivity contribution is 7.98. The van der Waals surface area contributed by atoms with E-state index in [1.807, 2.05) is 18.0 Å². The summed E-state index contributed by atoms with van der Waals surface area (Å²) in [6, 6.07) is 0. The maximum absolute atomic E-state index is 10.7. The normalized spacial score (nSPS) is 16.6. The van der Waals surface area contributed by atoms with Gasteiger partial charge < -0.3 is 5.11 Å². The number of hydrogen-bond donors (Lipinski definition) is 1. The molecule has 1 atom stereocenters. The molecule has 1 aromatic rings. The van der Waals surface area contributed by atoms with E-state index in [2.05, 4.69) is 9.97 Å². The van der Waals surface area contributed by atoms with Crippen LogP contribution >= 0.6 is 11.8 Å². The van der Waals surface area contributed by atoms with Gasteiger partial charge in [-0.3, -0.25) is 4.79 Å². The summed E-state index contributed by atoms with van der Waals surface area (Å²) in [5, 5.41) is 8.82. The van der Waals surface area contributed by atoms with Crippen LogP contribution < -0.4 is 0 Å². The zero-order valence-electron chi connectivity index (χ0n) is 9.14. The minimum absolute atomic E-state index is 0.410. The Morgan fingerprint density at radius 2 is 2.50 bits per heavy atom. The quantitative estimate of drug-likeness (QED) is 0.865. The molecule has 0 radical (unpaired) electrons. The van der Waals surface area contributed by atoms with Crippen molar-refractivity contribution in [3.05, 3.63) is 23.3 Å². The number of carboxylic acids is 1. The summed E-state index contributed by atoms with van der Waals surface area (Å²) in [4.78, 5) is 19.4. The third-order valence-electron chi connectivity index (χ3n) is 2.67. The maximum atomic E-state index is 10.7. The molecule has 0 saturated heterocycles. The molecule has 1 unspecified atom stereocenters. The van der Waals surface area contributed by atoms with Crippen molar-refractivity contribution in [2.24, 2.45) is 5.92 Å². The van der Waals surface area contributed by atoms with Gasteiger partial charge in [0, 0.05) is 18.4 Å². The maximum Gasteiger partial charge on any atom is 0.306 e. The van der Waals surface area contributed by atoms with E-state index < -0.39 is 11.9 Å². The summed E-state index contributed by atoms with van der Waals surface area (Å²) in [6.07, 6.45) is 3.29. The fourth-order valence-corrected chi connectivity index (χ4v) is 2.58. The van der Waals surface area contributed by atoms with Gasteiger partial charge in [0.25, 0.3) is 0 Å². The van der Waals surface area contributed by atoms with Crippen LogP contribution in [0.25, 0.3) is 0 Å². The van der Waals surface area contributed by atoms with Crippen molar-refractivity contribution in [1.29, 1.82) is 0 Å². The first-order valence-corrected chi connectivity index (χ1v) is 6.46. The smallest absolute Gasteiger partial charge is 0.306 e. The van der Waals surface area contributed by atoms with Crippen LogP contribution in [-0.2, 0) is 23.4 Å². The summed E-state index contributed by atoms with van der Waals surface area (Å²) in [7, 11) is 0. The largest absolute Gasteiger partial charge is 0.481 e. The van der Waals surface area contributed by atoms with E-state index >= 15 is 0 Å². The predicted octanol–water partition coefficient (Wildman–Crippen LogP) is 1.53. The van der Waals surface area contributed by atoms with E-state index in [1.165, 1.54) is 5.56 Å². The number of carbonyl (C=O) groups is 1. The molecule has 5 heteroatoms. The van der Waals surface area contributed by atoms with Crippen LogP contribution in [0.2, 0.25) is 0 Å². The zero-order chi connectivity index (χ0) is 11.5. The van der Waals surface area contributed by atoms with Crippen LogP contribution in [0.1, 0.15) is 24.0 Å². The van der Waals surface area contributed by atoms with Crippen LogP contribution in [0.3, 0.4) is 0 Å². The molecule has 0 aromatic carbocycles. The average Bonchev–Trinajstić information content (AvgIpc) is 2.28. The number of hydrogen-bond acceptors (Lipinski definition) is 4. The molecule has 4 nitrogen and oxygen atoms in total. The molecule has 1 aliphatic heterocycles. The molecule has 2 heterocycles. The van der Waals surface area contributed by atoms with E-state index in [9.17, 15) is 4.79 Å². The Morgan fingerprint density at radius 1 is 1.69 bits per heavy atom. The summed E-state index contributed by atoms with van der Waals surface area (Å²) >= 11 is 1.86. The molecule has 86 valence electrons. The summed E-state index contributed by atoms with van der Waals surface area (Å²) in [6.45, 7) is 1.68. The number of thioether (sulfide) groups is 1. The Hall–Kier alpha value is -1.10. The number of aliphatic carboxylic acids is 1. The fourth-order valence-electron chi connectivity index (χ4n) is 1.63. The van der Waals surface area contributed by atoms with Gasteiger partial charge >= 0.3 is 5.97 Å². The Labute approximate surface area is 98.5 Å². The lowest BCUT2D eigenvalue weighted by molar-refractivity contribution is -0.141. The minimum Gasteiger partial charge on any atom is -0.481 e. The van der Waals surface area contributed by atoms with E-state index in [1.54, 1.807) is 6.92 Å². The van der Waals surface area contributed by atoms with Gasteiger partial charge in [0.15, 0.2) is 0 Å². The molecule has 1 aromatic heterocycles. The lowest BCUT2D eigenvalue weighted by atomic mass is 10.1. The van der Waals surface area contributed by atoms with Gasteiger partial charge in [-0.15, -0.1) is 0 Å². The second-order valence-corrected chi connectivity index (χ2v) is 5.11. The highest BCUT2D eigenvalue weighted by atomic mass is 32.2. The molecule has 0 fully saturated rings. The number of carboxylic acid groups (broad SMARTS) is 1. The molecular formula is C11H14N2O2S. The average molecular weight is 238 g/mol.